The first-order valence-corrected chi connectivity index (χ1v) is 8.96. The van der Waals surface area contributed by atoms with E-state index in [1.54, 1.807) is 0 Å². The Hall–Kier alpha value is -2.48. The summed E-state index contributed by atoms with van der Waals surface area (Å²) in [5.41, 5.74) is 5.21. The van der Waals surface area contributed by atoms with Gasteiger partial charge in [-0.1, -0.05) is 12.8 Å². The molecule has 8 nitrogen and oxygen atoms in total. The number of amides is 1. The molecule has 1 saturated heterocycles. The van der Waals surface area contributed by atoms with Crippen LogP contribution in [0.1, 0.15) is 48.9 Å². The molecule has 2 aliphatic rings. The summed E-state index contributed by atoms with van der Waals surface area (Å²) in [7, 11) is 0. The van der Waals surface area contributed by atoms with Crippen LogP contribution in [0.3, 0.4) is 0 Å². The Morgan fingerprint density at radius 1 is 1.31 bits per heavy atom. The summed E-state index contributed by atoms with van der Waals surface area (Å²) in [5, 5.41) is 11.0. The molecule has 1 aliphatic carbocycles. The number of aldehydes is 1. The second-order valence-corrected chi connectivity index (χ2v) is 6.96. The zero-order chi connectivity index (χ0) is 18.7. The number of fused-ring (bicyclic) bond motifs is 1. The third-order valence-electron chi connectivity index (χ3n) is 5.40. The Kier molecular flexibility index (Phi) is 5.51. The second-order valence-electron chi connectivity index (χ2n) is 6.96. The highest BCUT2D eigenvalue weighted by Crippen LogP contribution is 2.36. The van der Waals surface area contributed by atoms with E-state index < -0.39 is 17.1 Å². The summed E-state index contributed by atoms with van der Waals surface area (Å²) in [6, 6.07) is 4.14. The molecule has 3 atom stereocenters. The molecule has 2 fully saturated rings. The SMILES string of the molecule is NC(=O)C(Oc1ccc([N+](=O)[O-])c(C=O)c1)N1CCCC2CCCCC21. The molecular weight excluding hydrogens is 338 g/mol. The Labute approximate surface area is 151 Å². The Morgan fingerprint density at radius 3 is 2.73 bits per heavy atom. The fraction of sp³-hybridized carbons (Fsp3) is 0.556. The number of benzene rings is 1. The van der Waals surface area contributed by atoms with E-state index in [2.05, 4.69) is 0 Å². The van der Waals surface area contributed by atoms with Gasteiger partial charge in [-0.3, -0.25) is 24.6 Å². The Bertz CT molecular complexity index is 706. The number of nitrogens with two attached hydrogens (primary N) is 1. The van der Waals surface area contributed by atoms with Gasteiger partial charge in [-0.25, -0.2) is 0 Å². The van der Waals surface area contributed by atoms with Gasteiger partial charge in [-0.15, -0.1) is 0 Å². The number of nitro benzene ring substituents is 1. The van der Waals surface area contributed by atoms with Crippen molar-refractivity contribution in [2.75, 3.05) is 6.54 Å². The van der Waals surface area contributed by atoms with Gasteiger partial charge < -0.3 is 10.5 Å². The predicted octanol–water partition coefficient (Wildman–Crippen LogP) is 2.25. The number of rotatable bonds is 6. The van der Waals surface area contributed by atoms with Gasteiger partial charge in [0, 0.05) is 18.7 Å². The number of piperidine rings is 1. The topological polar surface area (TPSA) is 116 Å². The van der Waals surface area contributed by atoms with Crippen LogP contribution in [0, 0.1) is 16.0 Å². The number of likely N-dealkylation sites (tertiary alicyclic amines) is 1. The highest BCUT2D eigenvalue weighted by Gasteiger charge is 2.39. The minimum absolute atomic E-state index is 0.0927. The largest absolute Gasteiger partial charge is 0.466 e. The lowest BCUT2D eigenvalue weighted by Crippen LogP contribution is -2.57. The van der Waals surface area contributed by atoms with Crippen molar-refractivity contribution in [1.29, 1.82) is 0 Å². The Morgan fingerprint density at radius 2 is 2.04 bits per heavy atom. The molecule has 1 saturated carbocycles. The number of ether oxygens (including phenoxy) is 1. The third-order valence-corrected chi connectivity index (χ3v) is 5.40. The van der Waals surface area contributed by atoms with Gasteiger partial charge in [0.15, 0.2) is 6.29 Å². The summed E-state index contributed by atoms with van der Waals surface area (Å²) in [5.74, 6) is 0.173. The molecular formula is C18H23N3O5. The summed E-state index contributed by atoms with van der Waals surface area (Å²) in [6.07, 6.45) is 6.09. The van der Waals surface area contributed by atoms with Crippen LogP contribution in [0.15, 0.2) is 18.2 Å². The summed E-state index contributed by atoms with van der Waals surface area (Å²) in [4.78, 5) is 35.6. The molecule has 26 heavy (non-hydrogen) atoms. The van der Waals surface area contributed by atoms with Gasteiger partial charge in [-0.05, 0) is 43.7 Å². The molecule has 1 aromatic carbocycles. The maximum atomic E-state index is 12.1. The number of nitro groups is 1. The number of carbonyl (C=O) groups is 2. The summed E-state index contributed by atoms with van der Waals surface area (Å²) < 4.78 is 5.81. The fourth-order valence-corrected chi connectivity index (χ4v) is 4.24. The van der Waals surface area contributed by atoms with Crippen molar-refractivity contribution in [2.45, 2.75) is 50.8 Å². The van der Waals surface area contributed by atoms with Crippen molar-refractivity contribution in [3.05, 3.63) is 33.9 Å². The monoisotopic (exact) mass is 361 g/mol. The van der Waals surface area contributed by atoms with E-state index in [9.17, 15) is 19.7 Å². The molecule has 0 spiro atoms. The maximum Gasteiger partial charge on any atom is 0.280 e. The molecule has 3 rings (SSSR count). The van der Waals surface area contributed by atoms with Gasteiger partial charge in [0.25, 0.3) is 11.6 Å². The summed E-state index contributed by atoms with van der Waals surface area (Å²) in [6.45, 7) is 0.724. The van der Waals surface area contributed by atoms with E-state index in [0.29, 0.717) is 12.2 Å². The van der Waals surface area contributed by atoms with Crippen molar-refractivity contribution in [3.63, 3.8) is 0 Å². The van der Waals surface area contributed by atoms with Crippen molar-refractivity contribution >= 4 is 17.9 Å². The van der Waals surface area contributed by atoms with E-state index in [4.69, 9.17) is 10.5 Å². The Balaban J connectivity index is 1.83. The molecule has 0 radical (unpaired) electrons. The van der Waals surface area contributed by atoms with E-state index >= 15 is 0 Å². The molecule has 3 unspecified atom stereocenters. The van der Waals surface area contributed by atoms with Crippen molar-refractivity contribution in [1.82, 2.24) is 4.90 Å². The van der Waals surface area contributed by atoms with Crippen LogP contribution in [0.5, 0.6) is 5.75 Å². The minimum atomic E-state index is -0.943. The van der Waals surface area contributed by atoms with Gasteiger partial charge >= 0.3 is 0 Å². The first-order valence-electron chi connectivity index (χ1n) is 8.96. The van der Waals surface area contributed by atoms with Crippen LogP contribution >= 0.6 is 0 Å². The van der Waals surface area contributed by atoms with Gasteiger partial charge in [-0.2, -0.15) is 0 Å². The number of carbonyl (C=O) groups excluding carboxylic acids is 2. The van der Waals surface area contributed by atoms with Crippen molar-refractivity contribution in [2.24, 2.45) is 11.7 Å². The standard InChI is InChI=1S/C18H23N3O5/c19-17(23)18(20-9-3-5-12-4-1-2-6-15(12)20)26-14-7-8-16(21(24)25)13(10-14)11-22/h7-8,10-12,15,18H,1-6,9H2,(H2,19,23). The lowest BCUT2D eigenvalue weighted by molar-refractivity contribution is -0.385. The number of nitrogens with zero attached hydrogens (tertiary/aromatic N) is 2. The molecule has 1 aliphatic heterocycles. The van der Waals surface area contributed by atoms with E-state index in [1.807, 2.05) is 4.90 Å². The number of primary amides is 1. The second kappa shape index (κ2) is 7.82. The highest BCUT2D eigenvalue weighted by molar-refractivity contribution is 5.82. The average Bonchev–Trinajstić information content (AvgIpc) is 2.65. The number of hydrogen-bond donors (Lipinski definition) is 1. The molecule has 1 heterocycles. The maximum absolute atomic E-state index is 12.1. The van der Waals surface area contributed by atoms with E-state index in [0.717, 1.165) is 38.6 Å². The quantitative estimate of drug-likeness (QED) is 0.472. The lowest BCUT2D eigenvalue weighted by Gasteiger charge is -2.46. The normalized spacial score (nSPS) is 24.3. The smallest absolute Gasteiger partial charge is 0.280 e. The lowest BCUT2D eigenvalue weighted by atomic mass is 9.78. The van der Waals surface area contributed by atoms with Crippen LogP contribution in [0.25, 0.3) is 0 Å². The van der Waals surface area contributed by atoms with Crippen molar-refractivity contribution < 1.29 is 19.2 Å². The average molecular weight is 361 g/mol. The zero-order valence-corrected chi connectivity index (χ0v) is 14.5. The van der Waals surface area contributed by atoms with Crippen molar-refractivity contribution in [3.8, 4) is 5.75 Å². The predicted molar refractivity (Wildman–Crippen MR) is 93.8 cm³/mol. The molecule has 1 aromatic rings. The number of hydrogen-bond acceptors (Lipinski definition) is 6. The molecule has 0 bridgehead atoms. The molecule has 1 amide bonds. The van der Waals surface area contributed by atoms with Crippen LogP contribution in [0.2, 0.25) is 0 Å². The summed E-state index contributed by atoms with van der Waals surface area (Å²) >= 11 is 0. The van der Waals surface area contributed by atoms with Gasteiger partial charge in [0.05, 0.1) is 10.5 Å². The van der Waals surface area contributed by atoms with Gasteiger partial charge in [0.1, 0.15) is 5.75 Å². The first-order chi connectivity index (χ1) is 12.5. The molecule has 0 aromatic heterocycles. The van der Waals surface area contributed by atoms with Crippen LogP contribution < -0.4 is 10.5 Å². The highest BCUT2D eigenvalue weighted by atomic mass is 16.6. The molecule has 140 valence electrons. The van der Waals surface area contributed by atoms with E-state index in [1.165, 1.54) is 24.6 Å². The van der Waals surface area contributed by atoms with Crippen LogP contribution in [0.4, 0.5) is 5.69 Å². The fourth-order valence-electron chi connectivity index (χ4n) is 4.24. The molecule has 2 N–H and O–H groups in total. The third kappa shape index (κ3) is 3.70. The minimum Gasteiger partial charge on any atom is -0.466 e. The first kappa shape index (κ1) is 18.3. The van der Waals surface area contributed by atoms with E-state index in [-0.39, 0.29) is 23.0 Å². The van der Waals surface area contributed by atoms with Gasteiger partial charge in [0.2, 0.25) is 6.23 Å². The zero-order valence-electron chi connectivity index (χ0n) is 14.5. The van der Waals surface area contributed by atoms with Crippen LogP contribution in [-0.4, -0.2) is 40.8 Å². The molecule has 8 heteroatoms. The van der Waals surface area contributed by atoms with Crippen LogP contribution in [-0.2, 0) is 4.79 Å².